The zero-order valence-corrected chi connectivity index (χ0v) is 15.4. The highest BCUT2D eigenvalue weighted by molar-refractivity contribution is 5.95. The van der Waals surface area contributed by atoms with E-state index in [4.69, 9.17) is 15.7 Å². The van der Waals surface area contributed by atoms with Crippen LogP contribution in [0.5, 0.6) is 5.75 Å². The standard InChI is InChI=1S/C19H25N5O2/c1-14(2)13-24(18(8-9-20)22-15(3)12-21)23-19(25)11-16-6-5-7-17(10-16)26-4/h5-10,14H,3,11,13,20H2,1-2,4H3,(H,23,25)/b9-8-,22-18+. The summed E-state index contributed by atoms with van der Waals surface area (Å²) in [7, 11) is 1.58. The average molecular weight is 355 g/mol. The quantitative estimate of drug-likeness (QED) is 0.337. The topological polar surface area (TPSA) is 104 Å². The van der Waals surface area contributed by atoms with Crippen LogP contribution < -0.4 is 15.9 Å². The fraction of sp³-hybridized carbons (Fsp3) is 0.316. The van der Waals surface area contributed by atoms with Gasteiger partial charge in [0.2, 0.25) is 5.91 Å². The molecular weight excluding hydrogens is 330 g/mol. The van der Waals surface area contributed by atoms with Crippen LogP contribution >= 0.6 is 0 Å². The number of carbonyl (C=O) groups excluding carboxylic acids is 1. The number of hydrogen-bond donors (Lipinski definition) is 2. The minimum absolute atomic E-state index is 0.0221. The number of nitriles is 1. The van der Waals surface area contributed by atoms with Gasteiger partial charge in [0.05, 0.1) is 13.5 Å². The van der Waals surface area contributed by atoms with Gasteiger partial charge in [-0.3, -0.25) is 15.2 Å². The van der Waals surface area contributed by atoms with Crippen molar-refractivity contribution in [1.82, 2.24) is 10.4 Å². The Bertz CT molecular complexity index is 732. The molecule has 0 spiro atoms. The molecule has 138 valence electrons. The SMILES string of the molecule is C=C(C#N)/N=C(\C=C/N)N(CC(C)C)NC(=O)Cc1cccc(OC)c1. The molecule has 0 radical (unpaired) electrons. The minimum atomic E-state index is -0.223. The monoisotopic (exact) mass is 355 g/mol. The van der Waals surface area contributed by atoms with Gasteiger partial charge in [0, 0.05) is 6.54 Å². The average Bonchev–Trinajstić information content (AvgIpc) is 2.60. The van der Waals surface area contributed by atoms with E-state index in [9.17, 15) is 4.79 Å². The van der Waals surface area contributed by atoms with Crippen molar-refractivity contribution in [3.05, 3.63) is 54.4 Å². The lowest BCUT2D eigenvalue weighted by Gasteiger charge is -2.26. The van der Waals surface area contributed by atoms with E-state index in [0.717, 1.165) is 5.56 Å². The van der Waals surface area contributed by atoms with Crippen molar-refractivity contribution < 1.29 is 9.53 Å². The van der Waals surface area contributed by atoms with Crippen molar-refractivity contribution >= 4 is 11.7 Å². The summed E-state index contributed by atoms with van der Waals surface area (Å²) in [4.78, 5) is 16.6. The van der Waals surface area contributed by atoms with Gasteiger partial charge in [0.15, 0.2) is 0 Å². The van der Waals surface area contributed by atoms with E-state index in [2.05, 4.69) is 17.0 Å². The number of aliphatic imine (C=N–C) groups is 1. The van der Waals surface area contributed by atoms with Crippen molar-refractivity contribution in [2.75, 3.05) is 13.7 Å². The maximum atomic E-state index is 12.5. The van der Waals surface area contributed by atoms with Crippen LogP contribution in [0.1, 0.15) is 19.4 Å². The summed E-state index contributed by atoms with van der Waals surface area (Å²) in [5, 5.41) is 10.5. The Morgan fingerprint density at radius 1 is 1.54 bits per heavy atom. The third-order valence-corrected chi connectivity index (χ3v) is 3.21. The number of nitrogens with one attached hydrogen (secondary N) is 1. The van der Waals surface area contributed by atoms with Crippen LogP contribution in [0.3, 0.4) is 0 Å². The smallest absolute Gasteiger partial charge is 0.242 e. The van der Waals surface area contributed by atoms with Crippen LogP contribution in [0.2, 0.25) is 0 Å². The molecule has 0 aliphatic heterocycles. The summed E-state index contributed by atoms with van der Waals surface area (Å²) in [5.41, 5.74) is 9.13. The number of amidine groups is 1. The highest BCUT2D eigenvalue weighted by Gasteiger charge is 2.15. The predicted octanol–water partition coefficient (Wildman–Crippen LogP) is 2.14. The molecule has 0 atom stereocenters. The van der Waals surface area contributed by atoms with Gasteiger partial charge in [-0.2, -0.15) is 5.26 Å². The highest BCUT2D eigenvalue weighted by Crippen LogP contribution is 2.13. The number of hydrazine groups is 1. The van der Waals surface area contributed by atoms with E-state index in [1.165, 1.54) is 12.3 Å². The second-order valence-electron chi connectivity index (χ2n) is 5.96. The summed E-state index contributed by atoms with van der Waals surface area (Å²) >= 11 is 0. The highest BCUT2D eigenvalue weighted by atomic mass is 16.5. The molecule has 1 amide bonds. The first kappa shape index (κ1) is 20.8. The lowest BCUT2D eigenvalue weighted by Crippen LogP contribution is -2.48. The number of ether oxygens (including phenoxy) is 1. The summed E-state index contributed by atoms with van der Waals surface area (Å²) < 4.78 is 5.17. The molecule has 0 saturated carbocycles. The number of allylic oxidation sites excluding steroid dienone is 1. The number of nitrogens with zero attached hydrogens (tertiary/aromatic N) is 3. The van der Waals surface area contributed by atoms with Gasteiger partial charge in [-0.15, -0.1) is 0 Å². The van der Waals surface area contributed by atoms with Crippen LogP contribution in [0.25, 0.3) is 0 Å². The third-order valence-electron chi connectivity index (χ3n) is 3.21. The van der Waals surface area contributed by atoms with Crippen molar-refractivity contribution in [1.29, 1.82) is 5.26 Å². The molecule has 1 rings (SSSR count). The number of amides is 1. The molecule has 0 bridgehead atoms. The fourth-order valence-corrected chi connectivity index (χ4v) is 2.16. The van der Waals surface area contributed by atoms with Gasteiger partial charge in [0.1, 0.15) is 23.4 Å². The Morgan fingerprint density at radius 3 is 2.85 bits per heavy atom. The summed E-state index contributed by atoms with van der Waals surface area (Å²) in [6.45, 7) is 8.05. The molecule has 3 N–H and O–H groups in total. The van der Waals surface area contributed by atoms with Gasteiger partial charge in [0.25, 0.3) is 0 Å². The first-order valence-corrected chi connectivity index (χ1v) is 8.15. The van der Waals surface area contributed by atoms with Gasteiger partial charge in [-0.1, -0.05) is 32.6 Å². The number of methoxy groups -OCH3 is 1. The lowest BCUT2D eigenvalue weighted by atomic mass is 10.1. The summed E-state index contributed by atoms with van der Waals surface area (Å²) in [6, 6.07) is 9.15. The predicted molar refractivity (Wildman–Crippen MR) is 102 cm³/mol. The van der Waals surface area contributed by atoms with Crippen LogP contribution in [0.15, 0.2) is 53.8 Å². The van der Waals surface area contributed by atoms with Gasteiger partial charge in [-0.05, 0) is 35.9 Å². The van der Waals surface area contributed by atoms with E-state index in [0.29, 0.717) is 18.1 Å². The molecule has 0 aliphatic rings. The summed E-state index contributed by atoms with van der Waals surface area (Å²) in [5.74, 6) is 1.04. The van der Waals surface area contributed by atoms with Gasteiger partial charge < -0.3 is 10.5 Å². The zero-order chi connectivity index (χ0) is 19.5. The molecule has 0 heterocycles. The maximum absolute atomic E-state index is 12.5. The lowest BCUT2D eigenvalue weighted by molar-refractivity contribution is -0.123. The fourth-order valence-electron chi connectivity index (χ4n) is 2.16. The van der Waals surface area contributed by atoms with E-state index >= 15 is 0 Å². The Balaban J connectivity index is 2.97. The van der Waals surface area contributed by atoms with Gasteiger partial charge >= 0.3 is 0 Å². The molecule has 7 nitrogen and oxygen atoms in total. The van der Waals surface area contributed by atoms with Crippen molar-refractivity contribution in [2.45, 2.75) is 20.3 Å². The molecule has 0 fully saturated rings. The van der Waals surface area contributed by atoms with E-state index in [1.54, 1.807) is 18.2 Å². The van der Waals surface area contributed by atoms with Crippen LogP contribution in [-0.2, 0) is 11.2 Å². The normalized spacial score (nSPS) is 11.3. The number of carbonyl (C=O) groups is 1. The van der Waals surface area contributed by atoms with E-state index < -0.39 is 0 Å². The van der Waals surface area contributed by atoms with Crippen molar-refractivity contribution in [3.8, 4) is 11.8 Å². The second kappa shape index (κ2) is 10.6. The minimum Gasteiger partial charge on any atom is -0.497 e. The molecule has 0 aromatic heterocycles. The summed E-state index contributed by atoms with van der Waals surface area (Å²) in [6.07, 6.45) is 2.98. The Labute approximate surface area is 154 Å². The first-order chi connectivity index (χ1) is 12.4. The van der Waals surface area contributed by atoms with E-state index in [-0.39, 0.29) is 23.9 Å². The van der Waals surface area contributed by atoms with Crippen molar-refractivity contribution in [3.63, 3.8) is 0 Å². The number of benzene rings is 1. The molecular formula is C19H25N5O2. The number of nitrogens with two attached hydrogens (primary N) is 1. The van der Waals surface area contributed by atoms with Crippen molar-refractivity contribution in [2.24, 2.45) is 16.6 Å². The number of rotatable bonds is 7. The molecule has 1 aromatic rings. The Morgan fingerprint density at radius 2 is 2.27 bits per heavy atom. The molecule has 0 aliphatic carbocycles. The molecule has 26 heavy (non-hydrogen) atoms. The van der Waals surface area contributed by atoms with Crippen LogP contribution in [0, 0.1) is 17.2 Å². The van der Waals surface area contributed by atoms with E-state index in [1.807, 2.05) is 38.1 Å². The Hall–Kier alpha value is -3.27. The molecule has 7 heteroatoms. The first-order valence-electron chi connectivity index (χ1n) is 8.15. The Kier molecular flexibility index (Phi) is 8.44. The third kappa shape index (κ3) is 7.09. The molecule has 0 unspecified atom stereocenters. The maximum Gasteiger partial charge on any atom is 0.242 e. The largest absolute Gasteiger partial charge is 0.497 e. The zero-order valence-electron chi connectivity index (χ0n) is 15.4. The van der Waals surface area contributed by atoms with Crippen LogP contribution in [-0.4, -0.2) is 30.4 Å². The number of hydrogen-bond acceptors (Lipinski definition) is 5. The van der Waals surface area contributed by atoms with Crippen LogP contribution in [0.4, 0.5) is 0 Å². The second-order valence-corrected chi connectivity index (χ2v) is 5.96. The van der Waals surface area contributed by atoms with Gasteiger partial charge in [-0.25, -0.2) is 4.99 Å². The molecule has 0 saturated heterocycles. The molecule has 1 aromatic carbocycles.